The smallest absolute Gasteiger partial charge is 0.0524 e. The molecule has 1 saturated heterocycles. The number of aliphatic hydroxyl groups is 1. The molecule has 18 heavy (non-hydrogen) atoms. The molecular weight excluding hydrogens is 226 g/mol. The number of likely N-dealkylation sites (tertiary alicyclic amines) is 1. The third-order valence-electron chi connectivity index (χ3n) is 3.92. The zero-order valence-electron chi connectivity index (χ0n) is 11.4. The first-order valence-electron chi connectivity index (χ1n) is 7.19. The van der Waals surface area contributed by atoms with E-state index in [0.717, 1.165) is 25.9 Å². The molecule has 1 aliphatic heterocycles. The van der Waals surface area contributed by atoms with Crippen molar-refractivity contribution in [2.24, 2.45) is 0 Å². The van der Waals surface area contributed by atoms with Gasteiger partial charge in [0.25, 0.3) is 0 Å². The molecule has 0 bridgehead atoms. The maximum absolute atomic E-state index is 8.78. The van der Waals surface area contributed by atoms with Crippen molar-refractivity contribution >= 4 is 0 Å². The molecule has 4 heteroatoms. The molecule has 0 aliphatic carbocycles. The summed E-state index contributed by atoms with van der Waals surface area (Å²) < 4.78 is 2.02. The SMILES string of the molecule is CCn1cc(C2CCN(CCCCO)CC2)cn1. The normalized spacial score (nSPS) is 18.3. The van der Waals surface area contributed by atoms with Crippen LogP contribution in [0, 0.1) is 0 Å². The molecule has 2 heterocycles. The lowest BCUT2D eigenvalue weighted by Gasteiger charge is -2.31. The van der Waals surface area contributed by atoms with Crippen molar-refractivity contribution in [1.29, 1.82) is 0 Å². The summed E-state index contributed by atoms with van der Waals surface area (Å²) in [6, 6.07) is 0. The highest BCUT2D eigenvalue weighted by Gasteiger charge is 2.21. The van der Waals surface area contributed by atoms with E-state index in [4.69, 9.17) is 5.11 Å². The number of hydrogen-bond donors (Lipinski definition) is 1. The number of aryl methyl sites for hydroxylation is 1. The van der Waals surface area contributed by atoms with Crippen molar-refractivity contribution < 1.29 is 5.11 Å². The van der Waals surface area contributed by atoms with Crippen molar-refractivity contribution in [3.8, 4) is 0 Å². The van der Waals surface area contributed by atoms with Gasteiger partial charge in [-0.25, -0.2) is 0 Å². The van der Waals surface area contributed by atoms with Crippen LogP contribution in [-0.2, 0) is 6.54 Å². The number of nitrogens with zero attached hydrogens (tertiary/aromatic N) is 3. The van der Waals surface area contributed by atoms with E-state index in [2.05, 4.69) is 23.1 Å². The first-order chi connectivity index (χ1) is 8.83. The summed E-state index contributed by atoms with van der Waals surface area (Å²) in [6.07, 6.45) is 8.78. The van der Waals surface area contributed by atoms with Gasteiger partial charge in [0.2, 0.25) is 0 Å². The fourth-order valence-corrected chi connectivity index (χ4v) is 2.70. The molecule has 2 rings (SSSR count). The quantitative estimate of drug-likeness (QED) is 0.785. The molecule has 4 nitrogen and oxygen atoms in total. The first kappa shape index (κ1) is 13.6. The van der Waals surface area contributed by atoms with Gasteiger partial charge in [-0.15, -0.1) is 0 Å². The Morgan fingerprint density at radius 3 is 2.72 bits per heavy atom. The van der Waals surface area contributed by atoms with Crippen LogP contribution in [0.3, 0.4) is 0 Å². The first-order valence-corrected chi connectivity index (χ1v) is 7.19. The van der Waals surface area contributed by atoms with E-state index in [1.165, 1.54) is 31.5 Å². The van der Waals surface area contributed by atoms with Crippen LogP contribution < -0.4 is 0 Å². The van der Waals surface area contributed by atoms with E-state index >= 15 is 0 Å². The fraction of sp³-hybridized carbons (Fsp3) is 0.786. The minimum absolute atomic E-state index is 0.326. The van der Waals surface area contributed by atoms with Gasteiger partial charge in [-0.1, -0.05) is 0 Å². The van der Waals surface area contributed by atoms with Gasteiger partial charge < -0.3 is 10.0 Å². The van der Waals surface area contributed by atoms with Crippen LogP contribution in [-0.4, -0.2) is 46.0 Å². The molecule has 0 atom stereocenters. The van der Waals surface area contributed by atoms with Crippen molar-refractivity contribution in [1.82, 2.24) is 14.7 Å². The summed E-state index contributed by atoms with van der Waals surface area (Å²) in [5.74, 6) is 0.694. The second-order valence-corrected chi connectivity index (χ2v) is 5.18. The zero-order valence-corrected chi connectivity index (χ0v) is 11.4. The Morgan fingerprint density at radius 1 is 1.33 bits per heavy atom. The van der Waals surface area contributed by atoms with Gasteiger partial charge in [-0.2, -0.15) is 5.10 Å². The van der Waals surface area contributed by atoms with Crippen LogP contribution in [0.15, 0.2) is 12.4 Å². The molecule has 1 aromatic rings. The van der Waals surface area contributed by atoms with Gasteiger partial charge in [-0.05, 0) is 63.7 Å². The Morgan fingerprint density at radius 2 is 2.11 bits per heavy atom. The molecule has 0 radical (unpaired) electrons. The van der Waals surface area contributed by atoms with Crippen molar-refractivity contribution in [2.45, 2.75) is 45.1 Å². The lowest BCUT2D eigenvalue weighted by molar-refractivity contribution is 0.199. The van der Waals surface area contributed by atoms with Crippen molar-refractivity contribution in [3.05, 3.63) is 18.0 Å². The molecule has 0 amide bonds. The number of aliphatic hydroxyl groups excluding tert-OH is 1. The average molecular weight is 251 g/mol. The minimum atomic E-state index is 0.326. The molecule has 0 saturated carbocycles. The Bertz CT molecular complexity index is 343. The van der Waals surface area contributed by atoms with Crippen LogP contribution in [0.4, 0.5) is 0 Å². The molecule has 1 aromatic heterocycles. The van der Waals surface area contributed by atoms with E-state index in [-0.39, 0.29) is 0 Å². The maximum Gasteiger partial charge on any atom is 0.0524 e. The van der Waals surface area contributed by atoms with Crippen molar-refractivity contribution in [2.75, 3.05) is 26.2 Å². The third kappa shape index (κ3) is 3.56. The van der Waals surface area contributed by atoms with E-state index < -0.39 is 0 Å². The van der Waals surface area contributed by atoms with Gasteiger partial charge in [-0.3, -0.25) is 4.68 Å². The van der Waals surface area contributed by atoms with Crippen LogP contribution >= 0.6 is 0 Å². The van der Waals surface area contributed by atoms with Gasteiger partial charge in [0.1, 0.15) is 0 Å². The molecular formula is C14H25N3O. The average Bonchev–Trinajstić information content (AvgIpc) is 2.89. The topological polar surface area (TPSA) is 41.3 Å². The lowest BCUT2D eigenvalue weighted by atomic mass is 9.91. The highest BCUT2D eigenvalue weighted by atomic mass is 16.2. The molecule has 1 aliphatic rings. The highest BCUT2D eigenvalue weighted by Crippen LogP contribution is 2.27. The number of aromatic nitrogens is 2. The highest BCUT2D eigenvalue weighted by molar-refractivity contribution is 5.12. The summed E-state index contributed by atoms with van der Waals surface area (Å²) in [4.78, 5) is 2.52. The second-order valence-electron chi connectivity index (χ2n) is 5.18. The predicted molar refractivity (Wildman–Crippen MR) is 72.6 cm³/mol. The number of unbranched alkanes of at least 4 members (excludes halogenated alkanes) is 1. The Balaban J connectivity index is 1.75. The van der Waals surface area contributed by atoms with Crippen LogP contribution in [0.5, 0.6) is 0 Å². The van der Waals surface area contributed by atoms with E-state index in [1.54, 1.807) is 0 Å². The summed E-state index contributed by atoms with van der Waals surface area (Å²) in [6.45, 7) is 6.93. The number of hydrogen-bond acceptors (Lipinski definition) is 3. The van der Waals surface area contributed by atoms with E-state index in [1.807, 2.05) is 10.9 Å². The predicted octanol–water partition coefficient (Wildman–Crippen LogP) is 1.85. The van der Waals surface area contributed by atoms with Crippen LogP contribution in [0.2, 0.25) is 0 Å². The summed E-state index contributed by atoms with van der Waals surface area (Å²) in [5, 5.41) is 13.1. The standard InChI is InChI=1S/C14H25N3O/c1-2-17-12-14(11-15-17)13-5-8-16(9-6-13)7-3-4-10-18/h11-13,18H,2-10H2,1H3. The van der Waals surface area contributed by atoms with E-state index in [9.17, 15) is 0 Å². The molecule has 1 fully saturated rings. The van der Waals surface area contributed by atoms with Crippen molar-refractivity contribution in [3.63, 3.8) is 0 Å². The van der Waals surface area contributed by atoms with Gasteiger partial charge in [0.15, 0.2) is 0 Å². The lowest BCUT2D eigenvalue weighted by Crippen LogP contribution is -2.33. The van der Waals surface area contributed by atoms with E-state index in [0.29, 0.717) is 12.5 Å². The van der Waals surface area contributed by atoms with Crippen LogP contribution in [0.25, 0.3) is 0 Å². The largest absolute Gasteiger partial charge is 0.396 e. The summed E-state index contributed by atoms with van der Waals surface area (Å²) in [5.41, 5.74) is 1.41. The summed E-state index contributed by atoms with van der Waals surface area (Å²) in [7, 11) is 0. The fourth-order valence-electron chi connectivity index (χ4n) is 2.70. The summed E-state index contributed by atoms with van der Waals surface area (Å²) >= 11 is 0. The monoisotopic (exact) mass is 251 g/mol. The Hall–Kier alpha value is -0.870. The van der Waals surface area contributed by atoms with Gasteiger partial charge >= 0.3 is 0 Å². The molecule has 0 aromatic carbocycles. The zero-order chi connectivity index (χ0) is 12.8. The number of rotatable bonds is 6. The Labute approximate surface area is 110 Å². The Kier molecular flexibility index (Phi) is 5.20. The third-order valence-corrected chi connectivity index (χ3v) is 3.92. The molecule has 1 N–H and O–H groups in total. The van der Waals surface area contributed by atoms with Gasteiger partial charge in [0, 0.05) is 19.3 Å². The molecule has 0 spiro atoms. The van der Waals surface area contributed by atoms with Crippen LogP contribution in [0.1, 0.15) is 44.1 Å². The maximum atomic E-state index is 8.78. The minimum Gasteiger partial charge on any atom is -0.396 e. The second kappa shape index (κ2) is 6.90. The molecule has 102 valence electrons. The van der Waals surface area contributed by atoms with Gasteiger partial charge in [0.05, 0.1) is 6.20 Å². The molecule has 0 unspecified atom stereocenters. The number of piperidine rings is 1.